The van der Waals surface area contributed by atoms with E-state index in [1.54, 1.807) is 0 Å². The molecule has 0 unspecified atom stereocenters. The third-order valence-corrected chi connectivity index (χ3v) is 4.50. The number of aliphatic hydroxyl groups is 1. The second-order valence-electron chi connectivity index (χ2n) is 6.67. The van der Waals surface area contributed by atoms with Crippen molar-refractivity contribution in [3.8, 4) is 0 Å². The fourth-order valence-electron chi connectivity index (χ4n) is 2.93. The first kappa shape index (κ1) is 20.0. The topological polar surface area (TPSA) is 32.3 Å². The van der Waals surface area contributed by atoms with Gasteiger partial charge < -0.3 is 10.4 Å². The highest BCUT2D eigenvalue weighted by Crippen LogP contribution is 2.13. The molecule has 1 aromatic carbocycles. The van der Waals surface area contributed by atoms with Gasteiger partial charge in [-0.25, -0.2) is 0 Å². The van der Waals surface area contributed by atoms with E-state index in [4.69, 9.17) is 5.11 Å². The summed E-state index contributed by atoms with van der Waals surface area (Å²) in [6.07, 6.45) is 16.7. The number of anilines is 1. The van der Waals surface area contributed by atoms with Crippen molar-refractivity contribution in [3.63, 3.8) is 0 Å². The van der Waals surface area contributed by atoms with Gasteiger partial charge in [0.1, 0.15) is 0 Å². The molecule has 2 heteroatoms. The molecule has 0 bridgehead atoms. The Morgan fingerprint density at radius 3 is 1.65 bits per heavy atom. The van der Waals surface area contributed by atoms with Gasteiger partial charge in [0.25, 0.3) is 0 Å². The Morgan fingerprint density at radius 1 is 0.696 bits per heavy atom. The van der Waals surface area contributed by atoms with E-state index < -0.39 is 0 Å². The number of rotatable bonds is 15. The minimum absolute atomic E-state index is 0.124. The molecule has 132 valence electrons. The molecule has 2 N–H and O–H groups in total. The van der Waals surface area contributed by atoms with E-state index in [9.17, 15) is 0 Å². The van der Waals surface area contributed by atoms with E-state index in [1.807, 2.05) is 24.3 Å². The first-order chi connectivity index (χ1) is 11.4. The largest absolute Gasteiger partial charge is 0.392 e. The van der Waals surface area contributed by atoms with Crippen molar-refractivity contribution in [1.29, 1.82) is 0 Å². The lowest BCUT2D eigenvalue weighted by atomic mass is 10.1. The molecule has 0 amide bonds. The van der Waals surface area contributed by atoms with Crippen molar-refractivity contribution in [3.05, 3.63) is 29.8 Å². The van der Waals surface area contributed by atoms with Gasteiger partial charge in [0, 0.05) is 12.2 Å². The van der Waals surface area contributed by atoms with E-state index in [1.165, 1.54) is 77.0 Å². The Labute approximate surface area is 143 Å². The Hall–Kier alpha value is -1.02. The van der Waals surface area contributed by atoms with Crippen LogP contribution in [-0.4, -0.2) is 11.7 Å². The van der Waals surface area contributed by atoms with E-state index in [-0.39, 0.29) is 6.61 Å². The Morgan fingerprint density at radius 2 is 1.17 bits per heavy atom. The second-order valence-corrected chi connectivity index (χ2v) is 6.67. The molecule has 0 aliphatic heterocycles. The molecule has 23 heavy (non-hydrogen) atoms. The molecule has 1 aromatic rings. The number of unbranched alkanes of at least 4 members (excludes halogenated alkanes) is 11. The van der Waals surface area contributed by atoms with Crippen LogP contribution in [0.25, 0.3) is 0 Å². The zero-order valence-electron chi connectivity index (χ0n) is 15.2. The van der Waals surface area contributed by atoms with Crippen molar-refractivity contribution in [2.45, 2.75) is 90.6 Å². The standard InChI is InChI=1S/C21H37NO/c1-2-3-4-5-6-7-8-9-10-11-12-13-18-22-21-16-14-20(19-23)15-17-21/h14-17,22-23H,2-13,18-19H2,1H3. The number of hydrogen-bond acceptors (Lipinski definition) is 2. The molecule has 0 radical (unpaired) electrons. The normalized spacial score (nSPS) is 10.9. The van der Waals surface area contributed by atoms with Crippen LogP contribution in [-0.2, 0) is 6.61 Å². The average Bonchev–Trinajstić information content (AvgIpc) is 2.59. The lowest BCUT2D eigenvalue weighted by molar-refractivity contribution is 0.282. The minimum atomic E-state index is 0.124. The fraction of sp³-hybridized carbons (Fsp3) is 0.714. The second kappa shape index (κ2) is 14.6. The predicted octanol–water partition coefficient (Wildman–Crippen LogP) is 6.29. The summed E-state index contributed by atoms with van der Waals surface area (Å²) in [5, 5.41) is 12.5. The molecule has 0 fully saturated rings. The highest BCUT2D eigenvalue weighted by molar-refractivity contribution is 5.44. The first-order valence-corrected chi connectivity index (χ1v) is 9.80. The number of hydrogen-bond donors (Lipinski definition) is 2. The molecule has 0 spiro atoms. The average molecular weight is 320 g/mol. The molecule has 0 aromatic heterocycles. The molecule has 1 rings (SSSR count). The van der Waals surface area contributed by atoms with Gasteiger partial charge in [-0.1, -0.05) is 89.7 Å². The van der Waals surface area contributed by atoms with Crippen LogP contribution in [0.1, 0.15) is 89.5 Å². The summed E-state index contributed by atoms with van der Waals surface area (Å²) in [5.74, 6) is 0. The maximum atomic E-state index is 9.01. The quantitative estimate of drug-likeness (QED) is 0.372. The maximum Gasteiger partial charge on any atom is 0.0681 e. The number of benzene rings is 1. The monoisotopic (exact) mass is 319 g/mol. The summed E-state index contributed by atoms with van der Waals surface area (Å²) in [6, 6.07) is 8.05. The van der Waals surface area contributed by atoms with Gasteiger partial charge in [-0.3, -0.25) is 0 Å². The van der Waals surface area contributed by atoms with Gasteiger partial charge in [-0.2, -0.15) is 0 Å². The van der Waals surface area contributed by atoms with E-state index in [2.05, 4.69) is 12.2 Å². The molecule has 0 atom stereocenters. The van der Waals surface area contributed by atoms with Crippen LogP contribution in [0.5, 0.6) is 0 Å². The molecular formula is C21H37NO. The zero-order chi connectivity index (χ0) is 16.6. The van der Waals surface area contributed by atoms with Crippen LogP contribution >= 0.6 is 0 Å². The van der Waals surface area contributed by atoms with E-state index in [0.717, 1.165) is 17.8 Å². The smallest absolute Gasteiger partial charge is 0.0681 e. The molecule has 0 saturated carbocycles. The lowest BCUT2D eigenvalue weighted by Crippen LogP contribution is -2.01. The summed E-state index contributed by atoms with van der Waals surface area (Å²) in [6.45, 7) is 3.46. The van der Waals surface area contributed by atoms with Gasteiger partial charge in [0.05, 0.1) is 6.61 Å². The lowest BCUT2D eigenvalue weighted by Gasteiger charge is -2.07. The van der Waals surface area contributed by atoms with Gasteiger partial charge in [0.2, 0.25) is 0 Å². The molecule has 0 heterocycles. The van der Waals surface area contributed by atoms with Crippen molar-refractivity contribution < 1.29 is 5.11 Å². The van der Waals surface area contributed by atoms with Gasteiger partial charge >= 0.3 is 0 Å². The van der Waals surface area contributed by atoms with Gasteiger partial charge in [-0.05, 0) is 24.1 Å². The van der Waals surface area contributed by atoms with E-state index >= 15 is 0 Å². The summed E-state index contributed by atoms with van der Waals surface area (Å²) in [5.41, 5.74) is 2.13. The van der Waals surface area contributed by atoms with Crippen LogP contribution in [0.3, 0.4) is 0 Å². The van der Waals surface area contributed by atoms with Crippen LogP contribution < -0.4 is 5.32 Å². The zero-order valence-corrected chi connectivity index (χ0v) is 15.2. The van der Waals surface area contributed by atoms with Crippen molar-refractivity contribution in [2.24, 2.45) is 0 Å². The summed E-state index contributed by atoms with van der Waals surface area (Å²) in [4.78, 5) is 0. The summed E-state index contributed by atoms with van der Waals surface area (Å²) in [7, 11) is 0. The molecule has 2 nitrogen and oxygen atoms in total. The van der Waals surface area contributed by atoms with E-state index in [0.29, 0.717) is 0 Å². The Kier molecular flexibility index (Phi) is 12.7. The number of aliphatic hydroxyl groups excluding tert-OH is 1. The van der Waals surface area contributed by atoms with Crippen LogP contribution in [0.15, 0.2) is 24.3 Å². The highest BCUT2D eigenvalue weighted by Gasteiger charge is 1.95. The summed E-state index contributed by atoms with van der Waals surface area (Å²) < 4.78 is 0. The predicted molar refractivity (Wildman–Crippen MR) is 102 cm³/mol. The highest BCUT2D eigenvalue weighted by atomic mass is 16.3. The maximum absolute atomic E-state index is 9.01. The molecule has 0 saturated heterocycles. The van der Waals surface area contributed by atoms with Crippen molar-refractivity contribution in [2.75, 3.05) is 11.9 Å². The Bertz CT molecular complexity index is 361. The van der Waals surface area contributed by atoms with Gasteiger partial charge in [0.15, 0.2) is 0 Å². The third-order valence-electron chi connectivity index (χ3n) is 4.50. The van der Waals surface area contributed by atoms with Gasteiger partial charge in [-0.15, -0.1) is 0 Å². The van der Waals surface area contributed by atoms with Crippen LogP contribution in [0, 0.1) is 0 Å². The van der Waals surface area contributed by atoms with Crippen LogP contribution in [0.4, 0.5) is 5.69 Å². The van der Waals surface area contributed by atoms with Crippen molar-refractivity contribution in [1.82, 2.24) is 0 Å². The van der Waals surface area contributed by atoms with Crippen molar-refractivity contribution >= 4 is 5.69 Å². The molecule has 0 aliphatic carbocycles. The third kappa shape index (κ3) is 11.2. The number of nitrogens with one attached hydrogen (secondary N) is 1. The van der Waals surface area contributed by atoms with Crippen LogP contribution in [0.2, 0.25) is 0 Å². The fourth-order valence-corrected chi connectivity index (χ4v) is 2.93. The molecular weight excluding hydrogens is 282 g/mol. The molecule has 0 aliphatic rings. The minimum Gasteiger partial charge on any atom is -0.392 e. The first-order valence-electron chi connectivity index (χ1n) is 9.80. The Balaban J connectivity index is 1.82. The summed E-state index contributed by atoms with van der Waals surface area (Å²) >= 11 is 0. The SMILES string of the molecule is CCCCCCCCCCCCCCNc1ccc(CO)cc1.